The van der Waals surface area contributed by atoms with Crippen molar-refractivity contribution in [2.75, 3.05) is 6.61 Å². The fourth-order valence-corrected chi connectivity index (χ4v) is 2.91. The number of hydrogen-bond acceptors (Lipinski definition) is 5. The van der Waals surface area contributed by atoms with E-state index in [-0.39, 0.29) is 6.61 Å². The van der Waals surface area contributed by atoms with Crippen molar-refractivity contribution in [3.63, 3.8) is 0 Å². The van der Waals surface area contributed by atoms with Crippen LogP contribution in [0.5, 0.6) is 0 Å². The molecule has 5 heteroatoms. The average molecular weight is 344 g/mol. The monoisotopic (exact) mass is 344 g/mol. The van der Waals surface area contributed by atoms with Crippen molar-refractivity contribution < 1.29 is 24.4 Å². The SMILES string of the molecule is OCC1O[C@H](OCc2ccccc2)CC(O)[C@@H]1OCc1ccccc1. The third kappa shape index (κ3) is 5.11. The minimum atomic E-state index is -0.754. The summed E-state index contributed by atoms with van der Waals surface area (Å²) in [7, 11) is 0. The molecule has 2 N–H and O–H groups in total. The number of rotatable bonds is 7. The van der Waals surface area contributed by atoms with Gasteiger partial charge < -0.3 is 24.4 Å². The highest BCUT2D eigenvalue weighted by atomic mass is 16.7. The molecule has 4 atom stereocenters. The molecule has 1 saturated heterocycles. The van der Waals surface area contributed by atoms with Crippen LogP contribution in [0.3, 0.4) is 0 Å². The predicted octanol–water partition coefficient (Wildman–Crippen LogP) is 2.26. The number of aliphatic hydroxyl groups excluding tert-OH is 2. The minimum Gasteiger partial charge on any atom is -0.394 e. The molecule has 2 aromatic rings. The second kappa shape index (κ2) is 9.08. The van der Waals surface area contributed by atoms with Crippen molar-refractivity contribution in [3.8, 4) is 0 Å². The van der Waals surface area contributed by atoms with Gasteiger partial charge in [-0.25, -0.2) is 0 Å². The first kappa shape index (κ1) is 18.0. The van der Waals surface area contributed by atoms with Crippen molar-refractivity contribution in [1.82, 2.24) is 0 Å². The maximum Gasteiger partial charge on any atom is 0.161 e. The maximum atomic E-state index is 10.4. The fourth-order valence-electron chi connectivity index (χ4n) is 2.91. The van der Waals surface area contributed by atoms with E-state index >= 15 is 0 Å². The molecular formula is C20H24O5. The van der Waals surface area contributed by atoms with Gasteiger partial charge in [-0.15, -0.1) is 0 Å². The molecule has 134 valence electrons. The smallest absolute Gasteiger partial charge is 0.161 e. The van der Waals surface area contributed by atoms with E-state index in [0.29, 0.717) is 19.6 Å². The third-order valence-electron chi connectivity index (χ3n) is 4.25. The van der Waals surface area contributed by atoms with Crippen LogP contribution in [0.4, 0.5) is 0 Å². The number of aliphatic hydroxyl groups is 2. The Labute approximate surface area is 147 Å². The van der Waals surface area contributed by atoms with E-state index in [1.807, 2.05) is 60.7 Å². The second-order valence-corrected chi connectivity index (χ2v) is 6.15. The largest absolute Gasteiger partial charge is 0.394 e. The van der Waals surface area contributed by atoms with E-state index in [0.717, 1.165) is 11.1 Å². The molecule has 0 aromatic heterocycles. The van der Waals surface area contributed by atoms with Gasteiger partial charge in [0, 0.05) is 6.42 Å². The lowest BCUT2D eigenvalue weighted by molar-refractivity contribution is -0.270. The second-order valence-electron chi connectivity index (χ2n) is 6.15. The Bertz CT molecular complexity index is 618. The zero-order valence-corrected chi connectivity index (χ0v) is 14.0. The van der Waals surface area contributed by atoms with Crippen LogP contribution in [0.1, 0.15) is 17.5 Å². The highest BCUT2D eigenvalue weighted by Crippen LogP contribution is 2.25. The molecule has 0 aliphatic carbocycles. The van der Waals surface area contributed by atoms with Crippen LogP contribution in [0, 0.1) is 0 Å². The van der Waals surface area contributed by atoms with Gasteiger partial charge in [0.15, 0.2) is 6.29 Å². The highest BCUT2D eigenvalue weighted by molar-refractivity contribution is 5.14. The Kier molecular flexibility index (Phi) is 6.55. The zero-order valence-electron chi connectivity index (χ0n) is 14.0. The van der Waals surface area contributed by atoms with Crippen molar-refractivity contribution in [3.05, 3.63) is 71.8 Å². The van der Waals surface area contributed by atoms with Crippen LogP contribution >= 0.6 is 0 Å². The molecule has 0 radical (unpaired) electrons. The molecular weight excluding hydrogens is 320 g/mol. The molecule has 0 spiro atoms. The summed E-state index contributed by atoms with van der Waals surface area (Å²) in [6.07, 6.45) is -2.21. The van der Waals surface area contributed by atoms with Gasteiger partial charge in [-0.2, -0.15) is 0 Å². The van der Waals surface area contributed by atoms with E-state index < -0.39 is 24.6 Å². The zero-order chi connectivity index (χ0) is 17.5. The molecule has 0 amide bonds. The lowest BCUT2D eigenvalue weighted by atomic mass is 10.0. The van der Waals surface area contributed by atoms with Gasteiger partial charge in [0.05, 0.1) is 25.9 Å². The lowest BCUT2D eigenvalue weighted by Gasteiger charge is -2.38. The first-order valence-corrected chi connectivity index (χ1v) is 8.51. The Morgan fingerprint density at radius 3 is 2.00 bits per heavy atom. The molecule has 5 nitrogen and oxygen atoms in total. The summed E-state index contributed by atoms with van der Waals surface area (Å²) in [5.41, 5.74) is 2.04. The van der Waals surface area contributed by atoms with Gasteiger partial charge in [-0.3, -0.25) is 0 Å². The maximum absolute atomic E-state index is 10.4. The van der Waals surface area contributed by atoms with E-state index in [2.05, 4.69) is 0 Å². The summed E-state index contributed by atoms with van der Waals surface area (Å²) in [5, 5.41) is 20.0. The van der Waals surface area contributed by atoms with Gasteiger partial charge in [-0.1, -0.05) is 60.7 Å². The number of ether oxygens (including phenoxy) is 3. The molecule has 2 unspecified atom stereocenters. The minimum absolute atomic E-state index is 0.234. The molecule has 25 heavy (non-hydrogen) atoms. The number of benzene rings is 2. The first-order chi connectivity index (χ1) is 12.3. The normalized spacial score (nSPS) is 26.5. The Morgan fingerprint density at radius 1 is 0.880 bits per heavy atom. The van der Waals surface area contributed by atoms with Crippen LogP contribution in [0.2, 0.25) is 0 Å². The van der Waals surface area contributed by atoms with Crippen LogP contribution < -0.4 is 0 Å². The van der Waals surface area contributed by atoms with Gasteiger partial charge in [0.1, 0.15) is 12.2 Å². The van der Waals surface area contributed by atoms with Crippen LogP contribution in [-0.4, -0.2) is 41.4 Å². The number of hydrogen-bond donors (Lipinski definition) is 2. The molecule has 1 heterocycles. The molecule has 3 rings (SSSR count). The van der Waals surface area contributed by atoms with Crippen LogP contribution in [0.15, 0.2) is 60.7 Å². The quantitative estimate of drug-likeness (QED) is 0.806. The first-order valence-electron chi connectivity index (χ1n) is 8.51. The predicted molar refractivity (Wildman–Crippen MR) is 92.6 cm³/mol. The van der Waals surface area contributed by atoms with Crippen molar-refractivity contribution in [1.29, 1.82) is 0 Å². The van der Waals surface area contributed by atoms with Crippen LogP contribution in [0.25, 0.3) is 0 Å². The van der Waals surface area contributed by atoms with Gasteiger partial charge in [0.2, 0.25) is 0 Å². The van der Waals surface area contributed by atoms with Crippen LogP contribution in [-0.2, 0) is 27.4 Å². The summed E-state index contributed by atoms with van der Waals surface area (Å²) in [6.45, 7) is 0.519. The van der Waals surface area contributed by atoms with Gasteiger partial charge >= 0.3 is 0 Å². The molecule has 1 aliphatic heterocycles. The molecule has 2 aromatic carbocycles. The fraction of sp³-hybridized carbons (Fsp3) is 0.400. The van der Waals surface area contributed by atoms with E-state index in [1.54, 1.807) is 0 Å². The topological polar surface area (TPSA) is 68.2 Å². The van der Waals surface area contributed by atoms with Crippen molar-refractivity contribution in [2.45, 2.75) is 44.2 Å². The van der Waals surface area contributed by atoms with Crippen molar-refractivity contribution in [2.24, 2.45) is 0 Å². The molecule has 0 saturated carbocycles. The molecule has 1 aliphatic rings. The summed E-state index contributed by atoms with van der Waals surface area (Å²) in [6, 6.07) is 19.5. The average Bonchev–Trinajstić information content (AvgIpc) is 2.66. The Morgan fingerprint density at radius 2 is 1.44 bits per heavy atom. The Balaban J connectivity index is 1.53. The summed E-state index contributed by atoms with van der Waals surface area (Å²) in [4.78, 5) is 0. The standard InChI is InChI=1S/C20H24O5/c21-12-18-20(24-14-16-9-5-2-6-10-16)17(22)11-19(25-18)23-13-15-7-3-1-4-8-15/h1-10,17-22H,11-14H2/t17?,18?,19-,20-/m0/s1. The van der Waals surface area contributed by atoms with E-state index in [1.165, 1.54) is 0 Å². The Hall–Kier alpha value is -1.76. The summed E-state index contributed by atoms with van der Waals surface area (Å²) < 4.78 is 17.3. The van der Waals surface area contributed by atoms with Crippen molar-refractivity contribution >= 4 is 0 Å². The summed E-state index contributed by atoms with van der Waals surface area (Å²) in [5.74, 6) is 0. The molecule has 1 fully saturated rings. The summed E-state index contributed by atoms with van der Waals surface area (Å²) >= 11 is 0. The van der Waals surface area contributed by atoms with E-state index in [9.17, 15) is 10.2 Å². The molecule has 0 bridgehead atoms. The highest BCUT2D eigenvalue weighted by Gasteiger charge is 2.38. The van der Waals surface area contributed by atoms with Gasteiger partial charge in [-0.05, 0) is 11.1 Å². The lowest BCUT2D eigenvalue weighted by Crippen LogP contribution is -2.51. The third-order valence-corrected chi connectivity index (χ3v) is 4.25. The van der Waals surface area contributed by atoms with E-state index in [4.69, 9.17) is 14.2 Å². The van der Waals surface area contributed by atoms with Gasteiger partial charge in [0.25, 0.3) is 0 Å².